The Balaban J connectivity index is 1.76. The van der Waals surface area contributed by atoms with E-state index in [1.807, 2.05) is 35.8 Å². The van der Waals surface area contributed by atoms with E-state index in [1.165, 1.54) is 24.3 Å². The predicted molar refractivity (Wildman–Crippen MR) is 90.9 cm³/mol. The number of sulfone groups is 1. The zero-order valence-corrected chi connectivity index (χ0v) is 14.8. The first-order valence-corrected chi connectivity index (χ1v) is 11.1. The van der Waals surface area contributed by atoms with E-state index in [0.29, 0.717) is 18.2 Å². The van der Waals surface area contributed by atoms with E-state index in [4.69, 9.17) is 0 Å². The molecular formula is C15H25N3O2S2. The first kappa shape index (κ1) is 16.3. The fraction of sp³-hybridized carbons (Fsp3) is 0.800. The topological polar surface area (TPSA) is 55.2 Å². The molecule has 0 N–H and O–H groups in total. The number of rotatable bonds is 4. The second-order valence-corrected chi connectivity index (χ2v) is 9.76. The summed E-state index contributed by atoms with van der Waals surface area (Å²) < 4.78 is 26.1. The highest BCUT2D eigenvalue weighted by Gasteiger charge is 2.34. The zero-order valence-electron chi connectivity index (χ0n) is 13.1. The minimum atomic E-state index is -2.93. The Labute approximate surface area is 137 Å². The molecule has 2 saturated heterocycles. The van der Waals surface area contributed by atoms with Crippen LogP contribution in [0.15, 0.2) is 12.4 Å². The SMILES string of the molecule is CCn1cc(C2CS(=O)(=O)CCN2CC2CCSCC2)cn1. The van der Waals surface area contributed by atoms with Crippen molar-refractivity contribution in [2.45, 2.75) is 32.4 Å². The van der Waals surface area contributed by atoms with Crippen molar-refractivity contribution in [3.05, 3.63) is 18.0 Å². The van der Waals surface area contributed by atoms with Crippen molar-refractivity contribution in [2.24, 2.45) is 5.92 Å². The second kappa shape index (κ2) is 6.93. The van der Waals surface area contributed by atoms with Gasteiger partial charge < -0.3 is 0 Å². The monoisotopic (exact) mass is 343 g/mol. The van der Waals surface area contributed by atoms with Gasteiger partial charge in [0.25, 0.3) is 0 Å². The molecule has 1 atom stereocenters. The van der Waals surface area contributed by atoms with Crippen molar-refractivity contribution < 1.29 is 8.42 Å². The van der Waals surface area contributed by atoms with Crippen molar-refractivity contribution >= 4 is 21.6 Å². The molecule has 0 amide bonds. The Hall–Kier alpha value is -0.530. The van der Waals surface area contributed by atoms with E-state index in [-0.39, 0.29) is 11.8 Å². The molecule has 22 heavy (non-hydrogen) atoms. The standard InChI is InChI=1S/C15H25N3O2S2/c1-2-18-11-14(9-16-18)15-12-22(19,20)8-5-17(15)10-13-3-6-21-7-4-13/h9,11,13,15H,2-8,10,12H2,1H3. The van der Waals surface area contributed by atoms with Gasteiger partial charge in [0.15, 0.2) is 9.84 Å². The summed E-state index contributed by atoms with van der Waals surface area (Å²) in [6.45, 7) is 4.55. The average Bonchev–Trinajstić information content (AvgIpc) is 2.99. The Morgan fingerprint density at radius 2 is 2.14 bits per heavy atom. The van der Waals surface area contributed by atoms with Gasteiger partial charge in [-0.1, -0.05) is 0 Å². The molecule has 0 bridgehead atoms. The van der Waals surface area contributed by atoms with Crippen molar-refractivity contribution in [3.63, 3.8) is 0 Å². The molecule has 1 aromatic rings. The molecule has 0 aromatic carbocycles. The molecule has 3 heterocycles. The van der Waals surface area contributed by atoms with Crippen LogP contribution in [0.5, 0.6) is 0 Å². The second-order valence-electron chi connectivity index (χ2n) is 6.31. The maximum Gasteiger partial charge on any atom is 0.153 e. The third-order valence-electron chi connectivity index (χ3n) is 4.74. The zero-order chi connectivity index (χ0) is 15.6. The Kier molecular flexibility index (Phi) is 5.14. The lowest BCUT2D eigenvalue weighted by Crippen LogP contribution is -2.45. The van der Waals surface area contributed by atoms with Crippen LogP contribution in [-0.2, 0) is 16.4 Å². The molecule has 3 rings (SSSR count). The number of nitrogens with zero attached hydrogens (tertiary/aromatic N) is 3. The molecule has 2 fully saturated rings. The summed E-state index contributed by atoms with van der Waals surface area (Å²) in [4.78, 5) is 2.39. The van der Waals surface area contributed by atoms with Gasteiger partial charge in [-0.15, -0.1) is 0 Å². The summed E-state index contributed by atoms with van der Waals surface area (Å²) in [7, 11) is -2.93. The van der Waals surface area contributed by atoms with Gasteiger partial charge in [0.05, 0.1) is 23.7 Å². The quantitative estimate of drug-likeness (QED) is 0.835. The van der Waals surface area contributed by atoms with Gasteiger partial charge in [0.2, 0.25) is 0 Å². The number of hydrogen-bond donors (Lipinski definition) is 0. The third-order valence-corrected chi connectivity index (χ3v) is 7.41. The van der Waals surface area contributed by atoms with Crippen LogP contribution in [-0.4, -0.2) is 59.2 Å². The van der Waals surface area contributed by atoms with Crippen LogP contribution in [0.4, 0.5) is 0 Å². The van der Waals surface area contributed by atoms with Crippen LogP contribution in [0.1, 0.15) is 31.4 Å². The highest BCUT2D eigenvalue weighted by Crippen LogP contribution is 2.30. The van der Waals surface area contributed by atoms with Crippen LogP contribution < -0.4 is 0 Å². The highest BCUT2D eigenvalue weighted by atomic mass is 32.2. The molecule has 7 heteroatoms. The molecule has 124 valence electrons. The van der Waals surface area contributed by atoms with E-state index in [2.05, 4.69) is 10.00 Å². The first-order valence-electron chi connectivity index (χ1n) is 8.12. The van der Waals surface area contributed by atoms with Gasteiger partial charge in [0, 0.05) is 31.4 Å². The molecule has 2 aliphatic rings. The molecule has 0 aliphatic carbocycles. The number of aromatic nitrogens is 2. The summed E-state index contributed by atoms with van der Waals surface area (Å²) >= 11 is 2.04. The molecular weight excluding hydrogens is 318 g/mol. The van der Waals surface area contributed by atoms with E-state index in [1.54, 1.807) is 0 Å². The third kappa shape index (κ3) is 3.86. The summed E-state index contributed by atoms with van der Waals surface area (Å²) in [5.74, 6) is 3.74. The minimum absolute atomic E-state index is 0.0198. The summed E-state index contributed by atoms with van der Waals surface area (Å²) in [5, 5.41) is 4.33. The van der Waals surface area contributed by atoms with E-state index in [0.717, 1.165) is 18.7 Å². The molecule has 1 unspecified atom stereocenters. The molecule has 1 aromatic heterocycles. The van der Waals surface area contributed by atoms with Crippen LogP contribution in [0, 0.1) is 5.92 Å². The number of hydrogen-bond acceptors (Lipinski definition) is 5. The molecule has 0 saturated carbocycles. The fourth-order valence-electron chi connectivity index (χ4n) is 3.35. The highest BCUT2D eigenvalue weighted by molar-refractivity contribution is 7.99. The Morgan fingerprint density at radius 1 is 1.36 bits per heavy atom. The summed E-state index contributed by atoms with van der Waals surface area (Å²) in [6.07, 6.45) is 6.37. The van der Waals surface area contributed by atoms with Crippen molar-refractivity contribution in [1.82, 2.24) is 14.7 Å². The van der Waals surface area contributed by atoms with Gasteiger partial charge in [-0.05, 0) is 37.2 Å². The molecule has 0 radical (unpaired) electrons. The largest absolute Gasteiger partial charge is 0.294 e. The molecule has 0 spiro atoms. The smallest absolute Gasteiger partial charge is 0.153 e. The molecule has 2 aliphatic heterocycles. The van der Waals surface area contributed by atoms with Crippen LogP contribution >= 0.6 is 11.8 Å². The normalized spacial score (nSPS) is 27.0. The van der Waals surface area contributed by atoms with Gasteiger partial charge >= 0.3 is 0 Å². The maximum absolute atomic E-state index is 12.1. The Morgan fingerprint density at radius 3 is 2.82 bits per heavy atom. The van der Waals surface area contributed by atoms with E-state index in [9.17, 15) is 8.42 Å². The van der Waals surface area contributed by atoms with Gasteiger partial charge in [0.1, 0.15) is 0 Å². The van der Waals surface area contributed by atoms with Gasteiger partial charge in [-0.25, -0.2) is 8.42 Å². The first-order chi connectivity index (χ1) is 10.6. The predicted octanol–water partition coefficient (Wildman–Crippen LogP) is 1.82. The van der Waals surface area contributed by atoms with Crippen LogP contribution in [0.25, 0.3) is 0 Å². The van der Waals surface area contributed by atoms with Gasteiger partial charge in [-0.2, -0.15) is 16.9 Å². The number of aryl methyl sites for hydroxylation is 1. The van der Waals surface area contributed by atoms with Crippen LogP contribution in [0.3, 0.4) is 0 Å². The summed E-state index contributed by atoms with van der Waals surface area (Å²) in [6, 6.07) is -0.0198. The van der Waals surface area contributed by atoms with Crippen molar-refractivity contribution in [3.8, 4) is 0 Å². The number of thioether (sulfide) groups is 1. The summed E-state index contributed by atoms with van der Waals surface area (Å²) in [5.41, 5.74) is 1.05. The van der Waals surface area contributed by atoms with Crippen LogP contribution in [0.2, 0.25) is 0 Å². The average molecular weight is 344 g/mol. The van der Waals surface area contributed by atoms with Crippen molar-refractivity contribution in [2.75, 3.05) is 36.1 Å². The van der Waals surface area contributed by atoms with Crippen molar-refractivity contribution in [1.29, 1.82) is 0 Å². The van der Waals surface area contributed by atoms with E-state index < -0.39 is 9.84 Å². The molecule has 5 nitrogen and oxygen atoms in total. The lowest BCUT2D eigenvalue weighted by atomic mass is 10.0. The minimum Gasteiger partial charge on any atom is -0.294 e. The van der Waals surface area contributed by atoms with Gasteiger partial charge in [-0.3, -0.25) is 9.58 Å². The lowest BCUT2D eigenvalue weighted by molar-refractivity contribution is 0.176. The maximum atomic E-state index is 12.1. The van der Waals surface area contributed by atoms with E-state index >= 15 is 0 Å². The Bertz CT molecular complexity index is 594. The fourth-order valence-corrected chi connectivity index (χ4v) is 6.12. The lowest BCUT2D eigenvalue weighted by Gasteiger charge is -2.38.